The zero-order chi connectivity index (χ0) is 16.3. The zero-order valence-electron chi connectivity index (χ0n) is 14.3. The molecule has 2 atom stereocenters. The van der Waals surface area contributed by atoms with Gasteiger partial charge in [0.1, 0.15) is 5.60 Å². The Kier molecular flexibility index (Phi) is 5.69. The average Bonchev–Trinajstić information content (AvgIpc) is 2.36. The summed E-state index contributed by atoms with van der Waals surface area (Å²) in [5.74, 6) is 3.16. The molecule has 4 heteroatoms. The van der Waals surface area contributed by atoms with Gasteiger partial charge in [-0.05, 0) is 60.3 Å². The van der Waals surface area contributed by atoms with Gasteiger partial charge in [0.25, 0.3) is 0 Å². The Balaban J connectivity index is 2.60. The summed E-state index contributed by atoms with van der Waals surface area (Å²) < 4.78 is 5.46. The highest BCUT2D eigenvalue weighted by atomic mass is 16.6. The lowest BCUT2D eigenvalue weighted by Crippen LogP contribution is -2.52. The lowest BCUT2D eigenvalue weighted by atomic mass is 9.90. The maximum Gasteiger partial charge on any atom is 0.410 e. The maximum absolute atomic E-state index is 12.2. The second kappa shape index (κ2) is 6.70. The normalized spacial score (nSPS) is 21.6. The van der Waals surface area contributed by atoms with Crippen molar-refractivity contribution in [1.82, 2.24) is 10.2 Å². The molecule has 0 radical (unpaired) electrons. The zero-order valence-corrected chi connectivity index (χ0v) is 14.3. The number of rotatable bonds is 3. The molecule has 0 aromatic carbocycles. The van der Waals surface area contributed by atoms with Crippen LogP contribution in [0.15, 0.2) is 0 Å². The van der Waals surface area contributed by atoms with Crippen LogP contribution in [0.1, 0.15) is 54.4 Å². The van der Waals surface area contributed by atoms with Crippen LogP contribution in [0.25, 0.3) is 0 Å². The number of hydrogen-bond donors (Lipinski definition) is 1. The molecule has 1 aliphatic heterocycles. The van der Waals surface area contributed by atoms with Crippen molar-refractivity contribution >= 4 is 6.09 Å². The Labute approximate surface area is 129 Å². The molecular weight excluding hydrogens is 264 g/mol. The van der Waals surface area contributed by atoms with Crippen LogP contribution in [0.3, 0.4) is 0 Å². The molecule has 1 amide bonds. The third-order valence-corrected chi connectivity index (χ3v) is 3.77. The summed E-state index contributed by atoms with van der Waals surface area (Å²) in [4.78, 5) is 14.0. The van der Waals surface area contributed by atoms with E-state index in [0.717, 1.165) is 25.9 Å². The van der Waals surface area contributed by atoms with Gasteiger partial charge < -0.3 is 9.64 Å². The third-order valence-electron chi connectivity index (χ3n) is 3.77. The molecular formula is C17H30N2O2. The molecule has 0 aromatic heterocycles. The fraction of sp³-hybridized carbons (Fsp3) is 0.824. The van der Waals surface area contributed by atoms with Gasteiger partial charge in [0.2, 0.25) is 0 Å². The fourth-order valence-corrected chi connectivity index (χ4v) is 2.64. The molecule has 0 aliphatic carbocycles. The van der Waals surface area contributed by atoms with E-state index in [1.807, 2.05) is 39.5 Å². The van der Waals surface area contributed by atoms with Crippen LogP contribution in [0.2, 0.25) is 0 Å². The first-order valence-electron chi connectivity index (χ1n) is 7.77. The Morgan fingerprint density at radius 1 is 1.38 bits per heavy atom. The second-order valence-electron chi connectivity index (χ2n) is 7.53. The summed E-state index contributed by atoms with van der Waals surface area (Å²) in [6.45, 7) is 13.3. The van der Waals surface area contributed by atoms with Crippen LogP contribution in [-0.4, -0.2) is 41.3 Å². The number of nitrogens with one attached hydrogen (secondary N) is 1. The number of terminal acetylenes is 1. The minimum atomic E-state index is -0.445. The quantitative estimate of drug-likeness (QED) is 0.814. The summed E-state index contributed by atoms with van der Waals surface area (Å²) >= 11 is 0. The smallest absolute Gasteiger partial charge is 0.410 e. The van der Waals surface area contributed by atoms with E-state index in [0.29, 0.717) is 5.92 Å². The molecule has 120 valence electrons. The molecule has 21 heavy (non-hydrogen) atoms. The van der Waals surface area contributed by atoms with Crippen LogP contribution in [0.4, 0.5) is 4.79 Å². The average molecular weight is 294 g/mol. The van der Waals surface area contributed by atoms with Crippen molar-refractivity contribution < 1.29 is 9.53 Å². The minimum Gasteiger partial charge on any atom is -0.444 e. The van der Waals surface area contributed by atoms with Gasteiger partial charge >= 0.3 is 6.09 Å². The van der Waals surface area contributed by atoms with Crippen molar-refractivity contribution in [3.05, 3.63) is 0 Å². The molecule has 1 saturated heterocycles. The molecule has 1 heterocycles. The predicted octanol–water partition coefficient (Wildman–Crippen LogP) is 3.02. The van der Waals surface area contributed by atoms with E-state index in [2.05, 4.69) is 18.2 Å². The Bertz CT molecular complexity index is 404. The van der Waals surface area contributed by atoms with Crippen LogP contribution in [0.5, 0.6) is 0 Å². The van der Waals surface area contributed by atoms with Gasteiger partial charge in [0.15, 0.2) is 0 Å². The van der Waals surface area contributed by atoms with E-state index >= 15 is 0 Å². The van der Waals surface area contributed by atoms with E-state index in [-0.39, 0.29) is 17.7 Å². The third kappa shape index (κ3) is 5.97. The van der Waals surface area contributed by atoms with Gasteiger partial charge in [-0.3, -0.25) is 5.32 Å². The lowest BCUT2D eigenvalue weighted by Gasteiger charge is -2.38. The largest absolute Gasteiger partial charge is 0.444 e. The van der Waals surface area contributed by atoms with E-state index < -0.39 is 5.60 Å². The number of nitrogens with zero attached hydrogens (tertiary/aromatic N) is 1. The van der Waals surface area contributed by atoms with Gasteiger partial charge in [0.05, 0.1) is 5.54 Å². The van der Waals surface area contributed by atoms with Crippen molar-refractivity contribution in [3.8, 4) is 12.3 Å². The van der Waals surface area contributed by atoms with Crippen molar-refractivity contribution in [2.24, 2.45) is 5.92 Å². The van der Waals surface area contributed by atoms with Gasteiger partial charge in [-0.2, -0.15) is 0 Å². The first kappa shape index (κ1) is 17.8. The SMILES string of the molecule is C#CC(C)(C)NC(C)C1CCCN(C(=O)OC(C)(C)C)C1. The van der Waals surface area contributed by atoms with Crippen molar-refractivity contribution in [2.45, 2.75) is 71.6 Å². The number of amides is 1. The highest BCUT2D eigenvalue weighted by Gasteiger charge is 2.31. The molecule has 1 N–H and O–H groups in total. The number of hydrogen-bond acceptors (Lipinski definition) is 3. The number of likely N-dealkylation sites (tertiary alicyclic amines) is 1. The highest BCUT2D eigenvalue weighted by Crippen LogP contribution is 2.23. The summed E-state index contributed by atoms with van der Waals surface area (Å²) in [5.41, 5.74) is -0.771. The molecule has 0 bridgehead atoms. The van der Waals surface area contributed by atoms with Gasteiger partial charge in [-0.25, -0.2) is 4.79 Å². The van der Waals surface area contributed by atoms with Gasteiger partial charge in [0, 0.05) is 19.1 Å². The molecule has 1 aliphatic rings. The number of carbonyl (C=O) groups excluding carboxylic acids is 1. The second-order valence-corrected chi connectivity index (χ2v) is 7.53. The first-order valence-corrected chi connectivity index (χ1v) is 7.77. The molecule has 1 fully saturated rings. The van der Waals surface area contributed by atoms with Gasteiger partial charge in [-0.15, -0.1) is 6.42 Å². The monoisotopic (exact) mass is 294 g/mol. The Morgan fingerprint density at radius 3 is 2.52 bits per heavy atom. The maximum atomic E-state index is 12.2. The van der Waals surface area contributed by atoms with E-state index in [1.54, 1.807) is 0 Å². The Morgan fingerprint density at radius 2 is 2.00 bits per heavy atom. The highest BCUT2D eigenvalue weighted by molar-refractivity contribution is 5.68. The number of piperidine rings is 1. The van der Waals surface area contributed by atoms with E-state index in [4.69, 9.17) is 11.2 Å². The topological polar surface area (TPSA) is 41.6 Å². The summed E-state index contributed by atoms with van der Waals surface area (Å²) in [5, 5.41) is 3.47. The first-order chi connectivity index (χ1) is 9.54. The van der Waals surface area contributed by atoms with Crippen molar-refractivity contribution in [1.29, 1.82) is 0 Å². The van der Waals surface area contributed by atoms with E-state index in [1.165, 1.54) is 0 Å². The molecule has 0 saturated carbocycles. The minimum absolute atomic E-state index is 0.212. The summed E-state index contributed by atoms with van der Waals surface area (Å²) in [6.07, 6.45) is 7.43. The molecule has 0 aromatic rings. The number of carbonyl (C=O) groups is 1. The van der Waals surface area contributed by atoms with Crippen LogP contribution in [-0.2, 0) is 4.74 Å². The van der Waals surface area contributed by atoms with Crippen molar-refractivity contribution in [2.75, 3.05) is 13.1 Å². The number of ether oxygens (including phenoxy) is 1. The molecule has 4 nitrogen and oxygen atoms in total. The molecule has 2 unspecified atom stereocenters. The molecule has 0 spiro atoms. The van der Waals surface area contributed by atoms with Crippen LogP contribution >= 0.6 is 0 Å². The van der Waals surface area contributed by atoms with Crippen LogP contribution < -0.4 is 5.32 Å². The van der Waals surface area contributed by atoms with Crippen LogP contribution in [0, 0.1) is 18.3 Å². The predicted molar refractivity (Wildman–Crippen MR) is 86.0 cm³/mol. The lowest BCUT2D eigenvalue weighted by molar-refractivity contribution is 0.0145. The van der Waals surface area contributed by atoms with E-state index in [9.17, 15) is 4.79 Å². The van der Waals surface area contributed by atoms with Crippen molar-refractivity contribution in [3.63, 3.8) is 0 Å². The molecule has 1 rings (SSSR count). The Hall–Kier alpha value is -1.21. The fourth-order valence-electron chi connectivity index (χ4n) is 2.64. The summed E-state index contributed by atoms with van der Waals surface area (Å²) in [6, 6.07) is 0.265. The van der Waals surface area contributed by atoms with Gasteiger partial charge in [-0.1, -0.05) is 5.92 Å². The standard InChI is InChI=1S/C17H30N2O2/c1-8-17(6,7)18-13(2)14-10-9-11-19(12-14)15(20)21-16(3,4)5/h1,13-14,18H,9-12H2,2-7H3. The summed E-state index contributed by atoms with van der Waals surface area (Å²) in [7, 11) is 0.